The van der Waals surface area contributed by atoms with Gasteiger partial charge in [-0.25, -0.2) is 0 Å². The van der Waals surface area contributed by atoms with E-state index in [1.54, 1.807) is 49.2 Å². The van der Waals surface area contributed by atoms with E-state index in [4.69, 9.17) is 11.6 Å². The van der Waals surface area contributed by atoms with Crippen molar-refractivity contribution in [3.05, 3.63) is 63.2 Å². The van der Waals surface area contributed by atoms with Crippen molar-refractivity contribution in [1.82, 2.24) is 4.90 Å². The Morgan fingerprint density at radius 3 is 2.54 bits per heavy atom. The molecule has 0 saturated carbocycles. The Morgan fingerprint density at radius 1 is 1.14 bits per heavy atom. The van der Waals surface area contributed by atoms with Crippen LogP contribution in [0.1, 0.15) is 12.0 Å². The number of nitro benzene ring substituents is 1. The molecular weight excluding hydrogens is 384 g/mol. The van der Waals surface area contributed by atoms with Gasteiger partial charge in [-0.2, -0.15) is 0 Å². The number of amides is 2. The Kier molecular flexibility index (Phi) is 7.48. The lowest BCUT2D eigenvalue weighted by Crippen LogP contribution is -2.32. The Morgan fingerprint density at radius 2 is 1.86 bits per heavy atom. The summed E-state index contributed by atoms with van der Waals surface area (Å²) in [4.78, 5) is 36.4. The molecule has 148 valence electrons. The van der Waals surface area contributed by atoms with Gasteiger partial charge >= 0.3 is 0 Å². The third-order valence-electron chi connectivity index (χ3n) is 4.02. The summed E-state index contributed by atoms with van der Waals surface area (Å²) in [6.45, 7) is 2.04. The van der Waals surface area contributed by atoms with Gasteiger partial charge in [0.15, 0.2) is 0 Å². The minimum atomic E-state index is -0.489. The van der Waals surface area contributed by atoms with Gasteiger partial charge in [-0.15, -0.1) is 0 Å². The summed E-state index contributed by atoms with van der Waals surface area (Å²) in [5.74, 6) is -0.509. The number of likely N-dealkylation sites (N-methyl/N-ethyl adjacent to an activating group) is 1. The van der Waals surface area contributed by atoms with E-state index in [0.717, 1.165) is 0 Å². The van der Waals surface area contributed by atoms with Gasteiger partial charge in [0, 0.05) is 29.7 Å². The molecule has 2 amide bonds. The predicted molar refractivity (Wildman–Crippen MR) is 109 cm³/mol. The summed E-state index contributed by atoms with van der Waals surface area (Å²) in [6.07, 6.45) is 0.142. The summed E-state index contributed by atoms with van der Waals surface area (Å²) < 4.78 is 0. The molecule has 28 heavy (non-hydrogen) atoms. The minimum Gasteiger partial charge on any atom is -0.326 e. The molecule has 0 unspecified atom stereocenters. The SMILES string of the molecule is Cc1c(NC(=O)CCN(C)CC(=O)Nc2cccc(Cl)c2)cccc1[N+](=O)[O-]. The first-order chi connectivity index (χ1) is 13.3. The van der Waals surface area contributed by atoms with E-state index in [0.29, 0.717) is 28.5 Å². The molecule has 0 aliphatic carbocycles. The van der Waals surface area contributed by atoms with Crippen LogP contribution >= 0.6 is 11.6 Å². The van der Waals surface area contributed by atoms with E-state index in [1.165, 1.54) is 12.1 Å². The molecule has 0 atom stereocenters. The van der Waals surface area contributed by atoms with Gasteiger partial charge < -0.3 is 10.6 Å². The van der Waals surface area contributed by atoms with Crippen molar-refractivity contribution < 1.29 is 14.5 Å². The topological polar surface area (TPSA) is 105 Å². The minimum absolute atomic E-state index is 0.0485. The Hall–Kier alpha value is -2.97. The highest BCUT2D eigenvalue weighted by atomic mass is 35.5. The number of nitrogens with zero attached hydrogens (tertiary/aromatic N) is 2. The van der Waals surface area contributed by atoms with Gasteiger partial charge in [0.25, 0.3) is 5.69 Å². The molecule has 0 radical (unpaired) electrons. The average molecular weight is 405 g/mol. The molecule has 2 rings (SSSR count). The van der Waals surface area contributed by atoms with Crippen LogP contribution in [0.2, 0.25) is 5.02 Å². The van der Waals surface area contributed by atoms with Crippen molar-refractivity contribution in [2.24, 2.45) is 0 Å². The second-order valence-corrected chi connectivity index (χ2v) is 6.74. The van der Waals surface area contributed by atoms with Crippen molar-refractivity contribution in [2.75, 3.05) is 30.8 Å². The van der Waals surface area contributed by atoms with Crippen LogP contribution in [0.15, 0.2) is 42.5 Å². The average Bonchev–Trinajstić information content (AvgIpc) is 2.61. The molecule has 2 aromatic rings. The molecule has 0 bridgehead atoms. The number of benzene rings is 2. The predicted octanol–water partition coefficient (Wildman–Crippen LogP) is 3.46. The van der Waals surface area contributed by atoms with Crippen molar-refractivity contribution in [3.8, 4) is 0 Å². The van der Waals surface area contributed by atoms with Crippen LogP contribution in [-0.4, -0.2) is 41.8 Å². The van der Waals surface area contributed by atoms with Crippen LogP contribution in [-0.2, 0) is 9.59 Å². The maximum atomic E-state index is 12.1. The molecular formula is C19H21ClN4O4. The zero-order valence-corrected chi connectivity index (χ0v) is 16.3. The molecule has 2 aromatic carbocycles. The largest absolute Gasteiger partial charge is 0.326 e. The smallest absolute Gasteiger partial charge is 0.274 e. The first kappa shape index (κ1) is 21.3. The molecule has 0 fully saturated rings. The first-order valence-corrected chi connectivity index (χ1v) is 8.92. The number of anilines is 2. The van der Waals surface area contributed by atoms with Crippen LogP contribution in [0, 0.1) is 17.0 Å². The summed E-state index contributed by atoms with van der Waals surface area (Å²) >= 11 is 5.88. The number of nitro groups is 1. The number of carbonyl (C=O) groups is 2. The lowest BCUT2D eigenvalue weighted by Gasteiger charge is -2.16. The van der Waals surface area contributed by atoms with Gasteiger partial charge in [-0.05, 0) is 38.2 Å². The summed E-state index contributed by atoms with van der Waals surface area (Å²) in [6, 6.07) is 11.4. The Bertz CT molecular complexity index is 888. The molecule has 0 saturated heterocycles. The van der Waals surface area contributed by atoms with Crippen molar-refractivity contribution in [2.45, 2.75) is 13.3 Å². The Labute approximate surface area is 167 Å². The number of nitrogens with one attached hydrogen (secondary N) is 2. The third kappa shape index (κ3) is 6.33. The molecule has 0 heterocycles. The molecule has 0 aliphatic heterocycles. The van der Waals surface area contributed by atoms with Crippen LogP contribution in [0.5, 0.6) is 0 Å². The van der Waals surface area contributed by atoms with Crippen LogP contribution < -0.4 is 10.6 Å². The highest BCUT2D eigenvalue weighted by Crippen LogP contribution is 2.25. The first-order valence-electron chi connectivity index (χ1n) is 8.54. The standard InChI is InChI=1S/C19H21ClN4O4/c1-13-16(7-4-8-17(13)24(27)28)22-18(25)9-10-23(2)12-19(26)21-15-6-3-5-14(20)11-15/h3-8,11H,9-10,12H2,1-2H3,(H,21,26)(H,22,25). The Balaban J connectivity index is 1.81. The molecule has 9 heteroatoms. The second-order valence-electron chi connectivity index (χ2n) is 6.30. The van der Waals surface area contributed by atoms with Gasteiger partial charge in [0.2, 0.25) is 11.8 Å². The highest BCUT2D eigenvalue weighted by molar-refractivity contribution is 6.30. The molecule has 0 spiro atoms. The molecule has 8 nitrogen and oxygen atoms in total. The number of halogens is 1. The number of rotatable bonds is 8. The monoisotopic (exact) mass is 404 g/mol. The maximum absolute atomic E-state index is 12.1. The van der Waals surface area contributed by atoms with Crippen molar-refractivity contribution >= 4 is 40.5 Å². The van der Waals surface area contributed by atoms with E-state index < -0.39 is 4.92 Å². The highest BCUT2D eigenvalue weighted by Gasteiger charge is 2.15. The summed E-state index contributed by atoms with van der Waals surface area (Å²) in [5.41, 5.74) is 1.35. The maximum Gasteiger partial charge on any atom is 0.274 e. The van der Waals surface area contributed by atoms with Crippen molar-refractivity contribution in [3.63, 3.8) is 0 Å². The third-order valence-corrected chi connectivity index (χ3v) is 4.25. The van der Waals surface area contributed by atoms with Crippen molar-refractivity contribution in [1.29, 1.82) is 0 Å². The second kappa shape index (κ2) is 9.82. The van der Waals surface area contributed by atoms with Crippen LogP contribution in [0.25, 0.3) is 0 Å². The van der Waals surface area contributed by atoms with Gasteiger partial charge in [0.1, 0.15) is 0 Å². The number of hydrogen-bond donors (Lipinski definition) is 2. The van der Waals surface area contributed by atoms with E-state index in [2.05, 4.69) is 10.6 Å². The fourth-order valence-corrected chi connectivity index (χ4v) is 2.74. The van der Waals surface area contributed by atoms with Crippen LogP contribution in [0.4, 0.5) is 17.1 Å². The van der Waals surface area contributed by atoms with E-state index in [-0.39, 0.29) is 30.5 Å². The quantitative estimate of drug-likeness (QED) is 0.518. The van der Waals surface area contributed by atoms with Gasteiger partial charge in [-0.3, -0.25) is 24.6 Å². The van der Waals surface area contributed by atoms with Gasteiger partial charge in [-0.1, -0.05) is 23.7 Å². The van der Waals surface area contributed by atoms with E-state index >= 15 is 0 Å². The summed E-state index contributed by atoms with van der Waals surface area (Å²) in [7, 11) is 1.73. The lowest BCUT2D eigenvalue weighted by atomic mass is 10.1. The summed E-state index contributed by atoms with van der Waals surface area (Å²) in [5, 5.41) is 16.9. The number of hydrogen-bond acceptors (Lipinski definition) is 5. The molecule has 0 aromatic heterocycles. The normalized spacial score (nSPS) is 10.6. The zero-order chi connectivity index (χ0) is 20.7. The number of carbonyl (C=O) groups excluding carboxylic acids is 2. The van der Waals surface area contributed by atoms with Gasteiger partial charge in [0.05, 0.1) is 22.7 Å². The molecule has 0 aliphatic rings. The lowest BCUT2D eigenvalue weighted by molar-refractivity contribution is -0.385. The fraction of sp³-hybridized carbons (Fsp3) is 0.263. The van der Waals surface area contributed by atoms with E-state index in [1.807, 2.05) is 0 Å². The van der Waals surface area contributed by atoms with Crippen LogP contribution in [0.3, 0.4) is 0 Å². The molecule has 2 N–H and O–H groups in total. The van der Waals surface area contributed by atoms with E-state index in [9.17, 15) is 19.7 Å². The fourth-order valence-electron chi connectivity index (χ4n) is 2.55. The zero-order valence-electron chi connectivity index (χ0n) is 15.6.